The molecule has 1 rings (SSSR count). The smallest absolute Gasteiger partial charge is 0.238 e. The lowest BCUT2D eigenvalue weighted by Crippen LogP contribution is -2.33. The second-order valence-electron chi connectivity index (χ2n) is 4.88. The third-order valence-corrected chi connectivity index (χ3v) is 3.04. The number of anilines is 1. The first-order chi connectivity index (χ1) is 10.2. The van der Waals surface area contributed by atoms with Crippen molar-refractivity contribution < 1.29 is 9.53 Å². The highest BCUT2D eigenvalue weighted by Crippen LogP contribution is 2.17. The van der Waals surface area contributed by atoms with Gasteiger partial charge in [0.25, 0.3) is 0 Å². The van der Waals surface area contributed by atoms with Crippen molar-refractivity contribution in [3.63, 3.8) is 0 Å². The first-order valence-corrected chi connectivity index (χ1v) is 7.28. The fraction of sp³-hybridized carbons (Fsp3) is 0.500. The van der Waals surface area contributed by atoms with Gasteiger partial charge in [-0.05, 0) is 31.9 Å². The maximum Gasteiger partial charge on any atom is 0.238 e. The molecule has 21 heavy (non-hydrogen) atoms. The van der Waals surface area contributed by atoms with Crippen molar-refractivity contribution in [3.8, 4) is 11.8 Å². The zero-order valence-electron chi connectivity index (χ0n) is 12.7. The van der Waals surface area contributed by atoms with Crippen LogP contribution in [0.15, 0.2) is 24.3 Å². The molecule has 0 radical (unpaired) electrons. The standard InChI is InChI=1S/C16H23N3O2/c1-3-13(2)18-12-16(20)19-14-7-6-8-15(11-14)21-10-5-4-9-17/h6-8,11,13,18H,3-5,10,12H2,1-2H3,(H,19,20). The molecule has 114 valence electrons. The van der Waals surface area contributed by atoms with Crippen LogP contribution in [-0.4, -0.2) is 25.1 Å². The molecular formula is C16H23N3O2. The molecule has 0 aromatic heterocycles. The van der Waals surface area contributed by atoms with Crippen LogP contribution in [0.2, 0.25) is 0 Å². The number of nitrogens with one attached hydrogen (secondary N) is 2. The molecule has 0 saturated carbocycles. The minimum Gasteiger partial charge on any atom is -0.493 e. The number of nitriles is 1. The van der Waals surface area contributed by atoms with Crippen molar-refractivity contribution in [3.05, 3.63) is 24.3 Å². The average molecular weight is 289 g/mol. The Bertz CT molecular complexity index is 483. The number of carbonyl (C=O) groups is 1. The van der Waals surface area contributed by atoms with Gasteiger partial charge in [-0.15, -0.1) is 0 Å². The van der Waals surface area contributed by atoms with Crippen LogP contribution < -0.4 is 15.4 Å². The lowest BCUT2D eigenvalue weighted by Gasteiger charge is -2.12. The number of hydrogen-bond acceptors (Lipinski definition) is 4. The molecule has 0 spiro atoms. The molecule has 1 atom stereocenters. The van der Waals surface area contributed by atoms with E-state index in [1.165, 1.54) is 0 Å². The van der Waals surface area contributed by atoms with Crippen molar-refractivity contribution in [2.24, 2.45) is 0 Å². The first-order valence-electron chi connectivity index (χ1n) is 7.28. The maximum atomic E-state index is 11.8. The third-order valence-electron chi connectivity index (χ3n) is 3.04. The van der Waals surface area contributed by atoms with Crippen molar-refractivity contribution in [2.75, 3.05) is 18.5 Å². The summed E-state index contributed by atoms with van der Waals surface area (Å²) < 4.78 is 5.53. The van der Waals surface area contributed by atoms with E-state index in [2.05, 4.69) is 23.6 Å². The molecule has 0 aliphatic rings. The third kappa shape index (κ3) is 7.33. The highest BCUT2D eigenvalue weighted by atomic mass is 16.5. The highest BCUT2D eigenvalue weighted by molar-refractivity contribution is 5.92. The summed E-state index contributed by atoms with van der Waals surface area (Å²) in [6.07, 6.45) is 2.17. The van der Waals surface area contributed by atoms with Gasteiger partial charge in [-0.25, -0.2) is 0 Å². The van der Waals surface area contributed by atoms with E-state index in [4.69, 9.17) is 10.00 Å². The summed E-state index contributed by atoms with van der Waals surface area (Å²) in [6.45, 7) is 4.91. The normalized spacial score (nSPS) is 11.5. The molecular weight excluding hydrogens is 266 g/mol. The summed E-state index contributed by atoms with van der Waals surface area (Å²) >= 11 is 0. The number of carbonyl (C=O) groups excluding carboxylic acids is 1. The number of benzene rings is 1. The average Bonchev–Trinajstić information content (AvgIpc) is 2.49. The predicted molar refractivity (Wildman–Crippen MR) is 83.2 cm³/mol. The molecule has 0 bridgehead atoms. The zero-order valence-corrected chi connectivity index (χ0v) is 12.7. The lowest BCUT2D eigenvalue weighted by atomic mass is 10.2. The summed E-state index contributed by atoms with van der Waals surface area (Å²) in [5, 5.41) is 14.4. The molecule has 0 aliphatic heterocycles. The number of nitrogens with zero attached hydrogens (tertiary/aromatic N) is 1. The molecule has 0 aliphatic carbocycles. The van der Waals surface area contributed by atoms with E-state index in [1.807, 2.05) is 25.1 Å². The van der Waals surface area contributed by atoms with E-state index in [1.54, 1.807) is 6.07 Å². The second kappa shape index (κ2) is 9.78. The van der Waals surface area contributed by atoms with Gasteiger partial charge in [0, 0.05) is 24.2 Å². The Kier molecular flexibility index (Phi) is 7.92. The minimum atomic E-state index is -0.0723. The van der Waals surface area contributed by atoms with Gasteiger partial charge in [0.15, 0.2) is 0 Å². The van der Waals surface area contributed by atoms with Crippen molar-refractivity contribution in [1.29, 1.82) is 5.26 Å². The molecule has 5 nitrogen and oxygen atoms in total. The Labute approximate surface area is 126 Å². The molecule has 1 unspecified atom stereocenters. The largest absolute Gasteiger partial charge is 0.493 e. The fourth-order valence-electron chi connectivity index (χ4n) is 1.62. The molecule has 0 saturated heterocycles. The van der Waals surface area contributed by atoms with Crippen molar-refractivity contribution >= 4 is 11.6 Å². The van der Waals surface area contributed by atoms with Crippen LogP contribution in [0.4, 0.5) is 5.69 Å². The Hall–Kier alpha value is -2.06. The van der Waals surface area contributed by atoms with Gasteiger partial charge in [0.1, 0.15) is 5.75 Å². The number of ether oxygens (including phenoxy) is 1. The van der Waals surface area contributed by atoms with E-state index >= 15 is 0 Å². The molecule has 2 N–H and O–H groups in total. The predicted octanol–water partition coefficient (Wildman–Crippen LogP) is 2.70. The monoisotopic (exact) mass is 289 g/mol. The first kappa shape index (κ1) is 17.0. The summed E-state index contributed by atoms with van der Waals surface area (Å²) in [6, 6.07) is 9.67. The summed E-state index contributed by atoms with van der Waals surface area (Å²) in [5.74, 6) is 0.623. The van der Waals surface area contributed by atoms with Crippen LogP contribution in [0.25, 0.3) is 0 Å². The number of hydrogen-bond donors (Lipinski definition) is 2. The summed E-state index contributed by atoms with van der Waals surface area (Å²) in [4.78, 5) is 11.8. The SMILES string of the molecule is CCC(C)NCC(=O)Nc1cccc(OCCCC#N)c1. The van der Waals surface area contributed by atoms with E-state index in [0.717, 1.165) is 6.42 Å². The number of unbranched alkanes of at least 4 members (excludes halogenated alkanes) is 1. The number of rotatable bonds is 9. The van der Waals surface area contributed by atoms with Crippen LogP contribution in [0, 0.1) is 11.3 Å². The van der Waals surface area contributed by atoms with E-state index in [9.17, 15) is 4.79 Å². The van der Waals surface area contributed by atoms with Gasteiger partial charge in [-0.3, -0.25) is 4.79 Å². The van der Waals surface area contributed by atoms with Crippen LogP contribution in [0.3, 0.4) is 0 Å². The summed E-state index contributed by atoms with van der Waals surface area (Å²) in [5.41, 5.74) is 0.712. The van der Waals surface area contributed by atoms with E-state index in [-0.39, 0.29) is 5.91 Å². The molecule has 1 aromatic carbocycles. The van der Waals surface area contributed by atoms with Crippen molar-refractivity contribution in [1.82, 2.24) is 5.32 Å². The van der Waals surface area contributed by atoms with Gasteiger partial charge in [0.05, 0.1) is 19.2 Å². The Morgan fingerprint density at radius 1 is 1.48 bits per heavy atom. The zero-order chi connectivity index (χ0) is 15.5. The van der Waals surface area contributed by atoms with Gasteiger partial charge >= 0.3 is 0 Å². The van der Waals surface area contributed by atoms with Gasteiger partial charge < -0.3 is 15.4 Å². The highest BCUT2D eigenvalue weighted by Gasteiger charge is 2.05. The van der Waals surface area contributed by atoms with Crippen LogP contribution >= 0.6 is 0 Å². The molecule has 0 heterocycles. The Balaban J connectivity index is 2.41. The molecule has 5 heteroatoms. The van der Waals surface area contributed by atoms with Gasteiger partial charge in [-0.2, -0.15) is 5.26 Å². The van der Waals surface area contributed by atoms with Crippen LogP contribution in [0.5, 0.6) is 5.75 Å². The van der Waals surface area contributed by atoms with E-state index in [0.29, 0.717) is 43.5 Å². The van der Waals surface area contributed by atoms with Gasteiger partial charge in [-0.1, -0.05) is 13.0 Å². The van der Waals surface area contributed by atoms with Gasteiger partial charge in [0.2, 0.25) is 5.91 Å². The topological polar surface area (TPSA) is 74.2 Å². The maximum absolute atomic E-state index is 11.8. The Morgan fingerprint density at radius 2 is 2.29 bits per heavy atom. The summed E-state index contributed by atoms with van der Waals surface area (Å²) in [7, 11) is 0. The van der Waals surface area contributed by atoms with Crippen molar-refractivity contribution in [2.45, 2.75) is 39.2 Å². The quantitative estimate of drug-likeness (QED) is 0.685. The second-order valence-corrected chi connectivity index (χ2v) is 4.88. The number of amides is 1. The lowest BCUT2D eigenvalue weighted by molar-refractivity contribution is -0.115. The molecule has 1 amide bonds. The fourth-order valence-corrected chi connectivity index (χ4v) is 1.62. The molecule has 1 aromatic rings. The van der Waals surface area contributed by atoms with Crippen LogP contribution in [-0.2, 0) is 4.79 Å². The van der Waals surface area contributed by atoms with E-state index < -0.39 is 0 Å². The molecule has 0 fully saturated rings. The Morgan fingerprint density at radius 3 is 3.00 bits per heavy atom. The van der Waals surface area contributed by atoms with Crippen LogP contribution in [0.1, 0.15) is 33.1 Å². The minimum absolute atomic E-state index is 0.0723.